The van der Waals surface area contributed by atoms with Crippen LogP contribution >= 0.6 is 22.9 Å². The second-order valence-electron chi connectivity index (χ2n) is 3.16. The van der Waals surface area contributed by atoms with Gasteiger partial charge in [0.25, 0.3) is 0 Å². The summed E-state index contributed by atoms with van der Waals surface area (Å²) in [6.07, 6.45) is 0. The molecule has 1 aromatic heterocycles. The third-order valence-electron chi connectivity index (χ3n) is 1.94. The van der Waals surface area contributed by atoms with Crippen LogP contribution in [0.25, 0.3) is 0 Å². The van der Waals surface area contributed by atoms with E-state index in [0.29, 0.717) is 17.4 Å². The fourth-order valence-corrected chi connectivity index (χ4v) is 3.95. The molecule has 0 spiro atoms. The highest BCUT2D eigenvalue weighted by Crippen LogP contribution is 2.26. The number of halogens is 1. The number of hydrogen-bond acceptors (Lipinski definition) is 4. The molecule has 0 bridgehead atoms. The van der Waals surface area contributed by atoms with Crippen LogP contribution in [0.15, 0.2) is 11.0 Å². The minimum atomic E-state index is -3.43. The fourth-order valence-electron chi connectivity index (χ4n) is 1.21. The summed E-state index contributed by atoms with van der Waals surface area (Å²) in [5.41, 5.74) is 0. The van der Waals surface area contributed by atoms with Crippen LogP contribution < -0.4 is 4.72 Å². The van der Waals surface area contributed by atoms with E-state index in [0.717, 1.165) is 9.75 Å². The molecule has 0 aromatic carbocycles. The first-order chi connectivity index (χ1) is 7.51. The lowest BCUT2D eigenvalue weighted by Gasteiger charge is -2.04. The van der Waals surface area contributed by atoms with Crippen LogP contribution in [0.1, 0.15) is 9.75 Å². The van der Waals surface area contributed by atoms with E-state index < -0.39 is 10.0 Å². The molecule has 0 aliphatic rings. The number of nitrogens with one attached hydrogen (secondary N) is 1. The highest BCUT2D eigenvalue weighted by atomic mass is 35.5. The highest BCUT2D eigenvalue weighted by Gasteiger charge is 2.18. The monoisotopic (exact) mass is 283 g/mol. The van der Waals surface area contributed by atoms with Crippen LogP contribution in [0.4, 0.5) is 0 Å². The van der Waals surface area contributed by atoms with Gasteiger partial charge in [0.1, 0.15) is 0 Å². The molecule has 0 saturated carbocycles. The van der Waals surface area contributed by atoms with Gasteiger partial charge in [-0.2, -0.15) is 0 Å². The number of thiophene rings is 1. The van der Waals surface area contributed by atoms with E-state index in [-0.39, 0.29) is 6.54 Å². The first-order valence-corrected chi connectivity index (χ1v) is 7.48. The van der Waals surface area contributed by atoms with Gasteiger partial charge < -0.3 is 4.74 Å². The molecule has 0 aliphatic carbocycles. The van der Waals surface area contributed by atoms with Crippen molar-refractivity contribution in [1.29, 1.82) is 0 Å². The van der Waals surface area contributed by atoms with E-state index >= 15 is 0 Å². The fraction of sp³-hybridized carbons (Fsp3) is 0.556. The molecule has 0 saturated heterocycles. The Bertz CT molecular complexity index is 442. The SMILES string of the molecule is COCCNS(=O)(=O)c1cc(CCl)sc1C. The molecule has 7 heteroatoms. The Morgan fingerprint density at radius 2 is 2.25 bits per heavy atom. The third kappa shape index (κ3) is 3.43. The highest BCUT2D eigenvalue weighted by molar-refractivity contribution is 7.89. The summed E-state index contributed by atoms with van der Waals surface area (Å²) in [6.45, 7) is 2.39. The van der Waals surface area contributed by atoms with Crippen molar-refractivity contribution in [3.05, 3.63) is 15.8 Å². The van der Waals surface area contributed by atoms with Gasteiger partial charge in [-0.3, -0.25) is 0 Å². The minimum Gasteiger partial charge on any atom is -0.383 e. The van der Waals surface area contributed by atoms with Crippen LogP contribution in [-0.4, -0.2) is 28.7 Å². The first-order valence-electron chi connectivity index (χ1n) is 4.65. The maximum Gasteiger partial charge on any atom is 0.241 e. The van der Waals surface area contributed by atoms with E-state index in [9.17, 15) is 8.42 Å². The number of ether oxygens (including phenoxy) is 1. The topological polar surface area (TPSA) is 55.4 Å². The molecule has 92 valence electrons. The number of aryl methyl sites for hydroxylation is 1. The predicted molar refractivity (Wildman–Crippen MR) is 65.7 cm³/mol. The van der Waals surface area contributed by atoms with E-state index in [1.54, 1.807) is 13.0 Å². The molecule has 1 rings (SSSR count). The van der Waals surface area contributed by atoms with Crippen molar-refractivity contribution in [1.82, 2.24) is 4.72 Å². The normalized spacial score (nSPS) is 11.9. The standard InChI is InChI=1S/C9H14ClNO3S2/c1-7-9(5-8(6-10)15-7)16(12,13)11-3-4-14-2/h5,11H,3-4,6H2,1-2H3. The molecule has 4 nitrogen and oxygen atoms in total. The number of methoxy groups -OCH3 is 1. The summed E-state index contributed by atoms with van der Waals surface area (Å²) < 4.78 is 31.0. The predicted octanol–water partition coefficient (Wildman–Crippen LogP) is 1.72. The summed E-state index contributed by atoms with van der Waals surface area (Å²) in [5.74, 6) is 0.332. The van der Waals surface area contributed by atoms with E-state index in [2.05, 4.69) is 4.72 Å². The van der Waals surface area contributed by atoms with E-state index in [1.807, 2.05) is 0 Å². The molecule has 16 heavy (non-hydrogen) atoms. The van der Waals surface area contributed by atoms with Crippen LogP contribution in [0.3, 0.4) is 0 Å². The van der Waals surface area contributed by atoms with Gasteiger partial charge in [-0.25, -0.2) is 13.1 Å². The van der Waals surface area contributed by atoms with Gasteiger partial charge in [-0.15, -0.1) is 22.9 Å². The average molecular weight is 284 g/mol. The first kappa shape index (κ1) is 13.9. The summed E-state index contributed by atoms with van der Waals surface area (Å²) in [7, 11) is -1.91. The molecular weight excluding hydrogens is 270 g/mol. The van der Waals surface area contributed by atoms with Crippen molar-refractivity contribution in [3.63, 3.8) is 0 Å². The van der Waals surface area contributed by atoms with Crippen LogP contribution in [0.5, 0.6) is 0 Å². The lowest BCUT2D eigenvalue weighted by atomic mass is 10.4. The summed E-state index contributed by atoms with van der Waals surface area (Å²) in [4.78, 5) is 1.91. The maximum atomic E-state index is 11.9. The van der Waals surface area contributed by atoms with Crippen molar-refractivity contribution >= 4 is 33.0 Å². The summed E-state index contributed by atoms with van der Waals surface area (Å²) in [6, 6.07) is 1.61. The molecule has 0 radical (unpaired) electrons. The Balaban J connectivity index is 2.85. The largest absolute Gasteiger partial charge is 0.383 e. The van der Waals surface area contributed by atoms with Crippen LogP contribution in [-0.2, 0) is 20.6 Å². The van der Waals surface area contributed by atoms with Gasteiger partial charge in [0.2, 0.25) is 10.0 Å². The van der Waals surface area contributed by atoms with Crippen molar-refractivity contribution in [2.75, 3.05) is 20.3 Å². The van der Waals surface area contributed by atoms with Gasteiger partial charge in [-0.05, 0) is 13.0 Å². The third-order valence-corrected chi connectivity index (χ3v) is 5.16. The summed E-state index contributed by atoms with van der Waals surface area (Å²) in [5, 5.41) is 0. The second-order valence-corrected chi connectivity index (χ2v) is 6.50. The Hall–Kier alpha value is -0.140. The average Bonchev–Trinajstić information content (AvgIpc) is 2.60. The molecule has 1 N–H and O–H groups in total. The van der Waals surface area contributed by atoms with Crippen LogP contribution in [0.2, 0.25) is 0 Å². The van der Waals surface area contributed by atoms with E-state index in [1.165, 1.54) is 18.4 Å². The Labute approximate surface area is 105 Å². The van der Waals surface area contributed by atoms with Crippen molar-refractivity contribution < 1.29 is 13.2 Å². The van der Waals surface area contributed by atoms with Crippen molar-refractivity contribution in [2.24, 2.45) is 0 Å². The van der Waals surface area contributed by atoms with Gasteiger partial charge in [0, 0.05) is 23.4 Å². The maximum absolute atomic E-state index is 11.9. The zero-order chi connectivity index (χ0) is 12.2. The molecule has 0 fully saturated rings. The quantitative estimate of drug-likeness (QED) is 0.639. The minimum absolute atomic E-state index is 0.268. The summed E-state index contributed by atoms with van der Waals surface area (Å²) >= 11 is 7.06. The molecule has 0 unspecified atom stereocenters. The second kappa shape index (κ2) is 5.97. The van der Waals surface area contributed by atoms with Gasteiger partial charge in [0.05, 0.1) is 17.4 Å². The van der Waals surface area contributed by atoms with Gasteiger partial charge >= 0.3 is 0 Å². The zero-order valence-corrected chi connectivity index (χ0v) is 11.5. The lowest BCUT2D eigenvalue weighted by molar-refractivity contribution is 0.204. The Kier molecular flexibility index (Phi) is 5.20. The van der Waals surface area contributed by atoms with Gasteiger partial charge in [-0.1, -0.05) is 0 Å². The van der Waals surface area contributed by atoms with Crippen LogP contribution in [0, 0.1) is 6.92 Å². The Morgan fingerprint density at radius 1 is 1.56 bits per heavy atom. The van der Waals surface area contributed by atoms with Crippen molar-refractivity contribution in [3.8, 4) is 0 Å². The molecule has 0 atom stereocenters. The zero-order valence-electron chi connectivity index (χ0n) is 9.12. The smallest absolute Gasteiger partial charge is 0.241 e. The number of hydrogen-bond donors (Lipinski definition) is 1. The molecular formula is C9H14ClNO3S2. The van der Waals surface area contributed by atoms with E-state index in [4.69, 9.17) is 16.3 Å². The molecule has 0 aliphatic heterocycles. The number of rotatable bonds is 6. The number of sulfonamides is 1. The lowest BCUT2D eigenvalue weighted by Crippen LogP contribution is -2.27. The van der Waals surface area contributed by atoms with Crippen molar-refractivity contribution in [2.45, 2.75) is 17.7 Å². The molecule has 1 heterocycles. The Morgan fingerprint density at radius 3 is 2.75 bits per heavy atom. The molecule has 0 amide bonds. The molecule has 1 aromatic rings. The number of alkyl halides is 1. The van der Waals surface area contributed by atoms with Gasteiger partial charge in [0.15, 0.2) is 0 Å².